The predicted octanol–water partition coefficient (Wildman–Crippen LogP) is 10.7. The van der Waals surface area contributed by atoms with E-state index in [0.29, 0.717) is 18.0 Å². The average Bonchev–Trinajstić information content (AvgIpc) is 3.24. The van der Waals surface area contributed by atoms with E-state index >= 15 is 0 Å². The molecule has 0 saturated heterocycles. The molecule has 67 heavy (non-hydrogen) atoms. The molecule has 356 valence electrons. The van der Waals surface area contributed by atoms with Gasteiger partial charge in [0, 0.05) is 37.9 Å². The van der Waals surface area contributed by atoms with Gasteiger partial charge in [0.15, 0.2) is 11.4 Å². The summed E-state index contributed by atoms with van der Waals surface area (Å²) >= 11 is 22.6. The molecular formula is C40H32Cl4F6N8O7S2. The number of rotatable bonds is 12. The van der Waals surface area contributed by atoms with Gasteiger partial charge in [-0.3, -0.25) is 19.1 Å². The quantitative estimate of drug-likeness (QED) is 0.0843. The van der Waals surface area contributed by atoms with Crippen molar-refractivity contribution in [3.63, 3.8) is 0 Å². The molecule has 0 atom stereocenters. The number of carbonyl (C=O) groups excluding carboxylic acids is 1. The largest absolute Gasteiger partial charge is 0.476 e. The Kier molecular flexibility index (Phi) is 18.2. The summed E-state index contributed by atoms with van der Waals surface area (Å²) in [4.78, 5) is 39.6. The lowest BCUT2D eigenvalue weighted by Crippen LogP contribution is -2.33. The third-order valence-electron chi connectivity index (χ3n) is 8.22. The summed E-state index contributed by atoms with van der Waals surface area (Å²) in [6, 6.07) is 16.9. The molecule has 0 spiro atoms. The highest BCUT2D eigenvalue weighted by atomic mass is 35.5. The smallest absolute Gasteiger partial charge is 0.417 e. The maximum absolute atomic E-state index is 13.2. The molecule has 6 rings (SSSR count). The van der Waals surface area contributed by atoms with Crippen LogP contribution in [-0.2, 0) is 32.4 Å². The molecule has 0 unspecified atom stereocenters. The number of halogens is 10. The second-order valence-corrected chi connectivity index (χ2v) is 17.9. The Morgan fingerprint density at radius 1 is 0.642 bits per heavy atom. The normalized spacial score (nSPS) is 11.5. The average molecular weight is 1060 g/mol. The molecule has 0 aliphatic carbocycles. The topological polar surface area (TPSA) is 214 Å². The first-order valence-electron chi connectivity index (χ1n) is 18.5. The first-order chi connectivity index (χ1) is 31.3. The highest BCUT2D eigenvalue weighted by Gasteiger charge is 2.36. The van der Waals surface area contributed by atoms with Crippen LogP contribution in [0.15, 0.2) is 120 Å². The number of nitrogens with zero attached hydrogens (tertiary/aromatic N) is 5. The van der Waals surface area contributed by atoms with Gasteiger partial charge in [0.2, 0.25) is 0 Å². The van der Waals surface area contributed by atoms with Crippen molar-refractivity contribution in [1.82, 2.24) is 19.9 Å². The summed E-state index contributed by atoms with van der Waals surface area (Å²) < 4.78 is 132. The maximum Gasteiger partial charge on any atom is 0.417 e. The molecule has 4 heterocycles. The molecule has 0 bridgehead atoms. The minimum Gasteiger partial charge on any atom is -0.476 e. The molecule has 0 saturated carbocycles. The van der Waals surface area contributed by atoms with Crippen LogP contribution in [0.5, 0.6) is 0 Å². The second-order valence-electron chi connectivity index (χ2n) is 12.9. The number of alkyl halides is 6. The van der Waals surface area contributed by atoms with Crippen LogP contribution in [0.2, 0.25) is 20.1 Å². The van der Waals surface area contributed by atoms with Gasteiger partial charge in [-0.05, 0) is 86.6 Å². The zero-order valence-corrected chi connectivity index (χ0v) is 38.7. The van der Waals surface area contributed by atoms with Crippen LogP contribution in [0.4, 0.5) is 49.4 Å². The fourth-order valence-corrected chi connectivity index (χ4v) is 8.19. The van der Waals surface area contributed by atoms with Crippen LogP contribution in [0.3, 0.4) is 0 Å². The van der Waals surface area contributed by atoms with E-state index in [1.165, 1.54) is 11.1 Å². The fraction of sp³-hybridized carbons (Fsp3) is 0.150. The van der Waals surface area contributed by atoms with Crippen LogP contribution < -0.4 is 19.7 Å². The standard InChI is InChI=1S/C20H15Cl2F3N4O3S.C13H7Cl2F3N2O4S.C7H10N2/c1-2-29(17-5-3-4-8-26-17)19(30)18-16(9-12(21)11-27-18)28-33(31,32)13-6-7-15(22)14(10-13)20(23,24)25;14-6-3-10(11(12(21)22)19-5-6)20-25(23,24)7-1-2-9(15)8(4-7)13(16,17)18;1-2-8-7-5-3-4-6-9-7/h3-11,28H,2H2,1H3;1-5,20H,(H,21,22);3-6H,2H2,1H3,(H,8,9). The number of carboxylic acids is 1. The zero-order valence-electron chi connectivity index (χ0n) is 34.0. The van der Waals surface area contributed by atoms with Gasteiger partial charge in [-0.2, -0.15) is 26.3 Å². The third kappa shape index (κ3) is 14.8. The fourth-order valence-electron chi connectivity index (χ4n) is 5.26. The van der Waals surface area contributed by atoms with Crippen molar-refractivity contribution in [1.29, 1.82) is 0 Å². The van der Waals surface area contributed by atoms with Crippen LogP contribution in [-0.4, -0.2) is 66.8 Å². The molecule has 0 aliphatic heterocycles. The first kappa shape index (κ1) is 53.6. The zero-order chi connectivity index (χ0) is 49.9. The van der Waals surface area contributed by atoms with Gasteiger partial charge in [0.25, 0.3) is 26.0 Å². The molecular weight excluding hydrogens is 1020 g/mol. The molecule has 1 amide bonds. The molecule has 2 aromatic carbocycles. The molecule has 6 aromatic rings. The van der Waals surface area contributed by atoms with Crippen molar-refractivity contribution < 1.29 is 57.9 Å². The lowest BCUT2D eigenvalue weighted by atomic mass is 10.2. The van der Waals surface area contributed by atoms with Gasteiger partial charge in [0.1, 0.15) is 11.6 Å². The Balaban J connectivity index is 0.000000253. The van der Waals surface area contributed by atoms with Crippen molar-refractivity contribution >= 4 is 101 Å². The lowest BCUT2D eigenvalue weighted by Gasteiger charge is -2.21. The molecule has 4 aromatic heterocycles. The van der Waals surface area contributed by atoms with Crippen molar-refractivity contribution in [2.24, 2.45) is 0 Å². The third-order valence-corrected chi connectivity index (χ3v) is 12.0. The van der Waals surface area contributed by atoms with Crippen molar-refractivity contribution in [2.75, 3.05) is 32.8 Å². The highest BCUT2D eigenvalue weighted by Crippen LogP contribution is 2.38. The molecule has 0 radical (unpaired) electrons. The number of anilines is 4. The van der Waals surface area contributed by atoms with E-state index in [9.17, 15) is 52.8 Å². The number of sulfonamides is 2. The predicted molar refractivity (Wildman–Crippen MR) is 240 cm³/mol. The Bertz CT molecular complexity index is 2950. The molecule has 0 aliphatic rings. The number of amides is 1. The number of aromatic carboxylic acids is 1. The van der Waals surface area contributed by atoms with Crippen LogP contribution in [0.25, 0.3) is 0 Å². The maximum atomic E-state index is 13.2. The van der Waals surface area contributed by atoms with Crippen LogP contribution >= 0.6 is 46.4 Å². The number of hydrogen-bond acceptors (Lipinski definition) is 11. The number of aromatic nitrogens is 4. The Labute approximate surface area is 398 Å². The first-order valence-corrected chi connectivity index (χ1v) is 23.0. The number of carbonyl (C=O) groups is 2. The van der Waals surface area contributed by atoms with Gasteiger partial charge >= 0.3 is 18.3 Å². The summed E-state index contributed by atoms with van der Waals surface area (Å²) in [7, 11) is -9.13. The SMILES string of the molecule is CCN(C(=O)c1ncc(Cl)cc1NS(=O)(=O)c1ccc(Cl)c(C(F)(F)F)c1)c1ccccn1.CCNc1ccccn1.O=C(O)c1ncc(Cl)cc1NS(=O)(=O)c1ccc(Cl)c(C(F)(F)F)c1. The van der Waals surface area contributed by atoms with Crippen molar-refractivity contribution in [2.45, 2.75) is 36.0 Å². The summed E-state index contributed by atoms with van der Waals surface area (Å²) in [6.45, 7) is 4.84. The van der Waals surface area contributed by atoms with Crippen LogP contribution in [0, 0.1) is 0 Å². The monoisotopic (exact) mass is 1050 g/mol. The van der Waals surface area contributed by atoms with E-state index in [1.807, 2.05) is 22.9 Å². The summed E-state index contributed by atoms with van der Waals surface area (Å²) in [5, 5.41) is 10.7. The van der Waals surface area contributed by atoms with E-state index in [-0.39, 0.29) is 28.0 Å². The number of carboxylic acid groups (broad SMARTS) is 1. The van der Waals surface area contributed by atoms with E-state index in [4.69, 9.17) is 51.5 Å². The second kappa shape index (κ2) is 22.7. The van der Waals surface area contributed by atoms with Gasteiger partial charge < -0.3 is 10.4 Å². The van der Waals surface area contributed by atoms with E-state index in [1.54, 1.807) is 31.3 Å². The molecule has 4 N–H and O–H groups in total. The summed E-state index contributed by atoms with van der Waals surface area (Å²) in [6.07, 6.45) is -4.37. The van der Waals surface area contributed by atoms with E-state index in [2.05, 4.69) is 36.9 Å². The molecule has 27 heteroatoms. The van der Waals surface area contributed by atoms with Crippen LogP contribution in [0.1, 0.15) is 46.0 Å². The lowest BCUT2D eigenvalue weighted by molar-refractivity contribution is -0.138. The molecule has 0 fully saturated rings. The van der Waals surface area contributed by atoms with Gasteiger partial charge in [-0.25, -0.2) is 41.6 Å². The van der Waals surface area contributed by atoms with Crippen molar-refractivity contribution in [3.8, 4) is 0 Å². The number of nitrogens with one attached hydrogen (secondary N) is 3. The number of hydrogen-bond donors (Lipinski definition) is 4. The Morgan fingerprint density at radius 2 is 1.10 bits per heavy atom. The van der Waals surface area contributed by atoms with E-state index in [0.717, 1.165) is 61.2 Å². The Hall–Kier alpha value is -5.98. The minimum absolute atomic E-state index is 0.00257. The van der Waals surface area contributed by atoms with Crippen molar-refractivity contribution in [3.05, 3.63) is 152 Å². The Morgan fingerprint density at radius 3 is 1.51 bits per heavy atom. The number of pyridine rings is 4. The summed E-state index contributed by atoms with van der Waals surface area (Å²) in [5.41, 5.74) is -4.47. The summed E-state index contributed by atoms with van der Waals surface area (Å²) in [5.74, 6) is -1.01. The highest BCUT2D eigenvalue weighted by molar-refractivity contribution is 7.93. The van der Waals surface area contributed by atoms with Gasteiger partial charge in [-0.15, -0.1) is 0 Å². The van der Waals surface area contributed by atoms with Gasteiger partial charge in [0.05, 0.1) is 52.4 Å². The molecule has 15 nitrogen and oxygen atoms in total. The minimum atomic E-state index is -4.87. The number of benzene rings is 2. The van der Waals surface area contributed by atoms with E-state index < -0.39 is 86.6 Å². The van der Waals surface area contributed by atoms with Gasteiger partial charge in [-0.1, -0.05) is 58.5 Å².